The highest BCUT2D eigenvalue weighted by Gasteiger charge is 2.32. The van der Waals surface area contributed by atoms with Crippen molar-refractivity contribution < 1.29 is 27.4 Å². The van der Waals surface area contributed by atoms with Crippen LogP contribution in [0, 0.1) is 5.92 Å². The predicted molar refractivity (Wildman–Crippen MR) is 106 cm³/mol. The Labute approximate surface area is 168 Å². The number of carbonyl (C=O) groups is 1. The topological polar surface area (TPSA) is 51.1 Å². The van der Waals surface area contributed by atoms with Crippen LogP contribution in [-0.2, 0) is 9.53 Å². The van der Waals surface area contributed by atoms with Crippen molar-refractivity contribution in [1.29, 1.82) is 0 Å². The molecule has 0 spiro atoms. The molecule has 1 aromatic rings. The Morgan fingerprint density at radius 1 is 1.31 bits per heavy atom. The normalized spacial score (nSPS) is 18.0. The molecule has 1 aliphatic heterocycles. The SMILES string of the molecule is C=C/C=C(\C)C1CC(=O)N(c2ccc(OCC(F)(F)F)cc2)C(OCC(C)C)=N1. The Kier molecular flexibility index (Phi) is 7.47. The van der Waals surface area contributed by atoms with Gasteiger partial charge in [0.1, 0.15) is 5.75 Å². The molecule has 0 fully saturated rings. The number of amides is 1. The van der Waals surface area contributed by atoms with Gasteiger partial charge in [-0.3, -0.25) is 4.79 Å². The van der Waals surface area contributed by atoms with Gasteiger partial charge in [-0.15, -0.1) is 0 Å². The number of rotatable bonds is 7. The largest absolute Gasteiger partial charge is 0.484 e. The summed E-state index contributed by atoms with van der Waals surface area (Å²) in [6.45, 7) is 8.47. The molecule has 1 aliphatic rings. The average molecular weight is 410 g/mol. The van der Waals surface area contributed by atoms with Crippen LogP contribution < -0.4 is 9.64 Å². The Morgan fingerprint density at radius 3 is 2.52 bits per heavy atom. The molecule has 1 heterocycles. The number of hydrogen-bond donors (Lipinski definition) is 0. The van der Waals surface area contributed by atoms with Gasteiger partial charge in [0.2, 0.25) is 5.91 Å². The second-order valence-corrected chi connectivity index (χ2v) is 7.11. The summed E-state index contributed by atoms with van der Waals surface area (Å²) in [6.07, 6.45) is -0.838. The third kappa shape index (κ3) is 6.66. The number of nitrogens with zero attached hydrogens (tertiary/aromatic N) is 2. The zero-order chi connectivity index (χ0) is 21.6. The van der Waals surface area contributed by atoms with Gasteiger partial charge in [0.25, 0.3) is 6.02 Å². The molecule has 8 heteroatoms. The fourth-order valence-electron chi connectivity index (χ4n) is 2.61. The first kappa shape index (κ1) is 22.5. The maximum Gasteiger partial charge on any atom is 0.422 e. The molecule has 1 aromatic carbocycles. The zero-order valence-corrected chi connectivity index (χ0v) is 16.7. The van der Waals surface area contributed by atoms with E-state index in [4.69, 9.17) is 9.47 Å². The highest BCUT2D eigenvalue weighted by atomic mass is 19.4. The van der Waals surface area contributed by atoms with Crippen molar-refractivity contribution >= 4 is 17.6 Å². The number of benzene rings is 1. The molecular formula is C21H25F3N2O3. The minimum Gasteiger partial charge on any atom is -0.484 e. The summed E-state index contributed by atoms with van der Waals surface area (Å²) in [7, 11) is 0. The van der Waals surface area contributed by atoms with Gasteiger partial charge in [0.15, 0.2) is 6.61 Å². The zero-order valence-electron chi connectivity index (χ0n) is 16.7. The summed E-state index contributed by atoms with van der Waals surface area (Å²) in [6, 6.07) is 5.58. The van der Waals surface area contributed by atoms with Crippen LogP contribution in [0.15, 0.2) is 53.6 Å². The fraction of sp³-hybridized carbons (Fsp3) is 0.429. The quantitative estimate of drug-likeness (QED) is 0.601. The minimum absolute atomic E-state index is 0.0553. The van der Waals surface area contributed by atoms with Gasteiger partial charge in [0.05, 0.1) is 24.8 Å². The molecule has 0 saturated heterocycles. The Bertz CT molecular complexity index is 783. The summed E-state index contributed by atoms with van der Waals surface area (Å²) < 4.78 is 47.4. The molecule has 0 saturated carbocycles. The van der Waals surface area contributed by atoms with Crippen LogP contribution in [0.5, 0.6) is 5.75 Å². The highest BCUT2D eigenvalue weighted by Crippen LogP contribution is 2.27. The number of carbonyl (C=O) groups excluding carboxylic acids is 1. The van der Waals surface area contributed by atoms with Crippen LogP contribution in [0.25, 0.3) is 0 Å². The van der Waals surface area contributed by atoms with E-state index in [9.17, 15) is 18.0 Å². The van der Waals surface area contributed by atoms with E-state index in [0.717, 1.165) is 5.57 Å². The number of amidine groups is 1. The fourth-order valence-corrected chi connectivity index (χ4v) is 2.61. The number of anilines is 1. The molecule has 1 amide bonds. The van der Waals surface area contributed by atoms with E-state index in [1.165, 1.54) is 29.2 Å². The van der Waals surface area contributed by atoms with Gasteiger partial charge in [-0.25, -0.2) is 9.89 Å². The van der Waals surface area contributed by atoms with Crippen LogP contribution in [-0.4, -0.2) is 37.4 Å². The van der Waals surface area contributed by atoms with Gasteiger partial charge < -0.3 is 9.47 Å². The van der Waals surface area contributed by atoms with Crippen LogP contribution >= 0.6 is 0 Å². The number of aliphatic imine (C=N–C) groups is 1. The smallest absolute Gasteiger partial charge is 0.422 e. The highest BCUT2D eigenvalue weighted by molar-refractivity contribution is 6.15. The maximum atomic E-state index is 12.8. The van der Waals surface area contributed by atoms with E-state index in [0.29, 0.717) is 12.3 Å². The van der Waals surface area contributed by atoms with Gasteiger partial charge in [-0.05, 0) is 42.7 Å². The molecule has 29 heavy (non-hydrogen) atoms. The monoisotopic (exact) mass is 410 g/mol. The number of alkyl halides is 3. The van der Waals surface area contributed by atoms with Crippen molar-refractivity contribution in [3.63, 3.8) is 0 Å². The van der Waals surface area contributed by atoms with Crippen molar-refractivity contribution in [2.45, 2.75) is 39.4 Å². The number of halogens is 3. The minimum atomic E-state index is -4.42. The van der Waals surface area contributed by atoms with Gasteiger partial charge in [-0.1, -0.05) is 32.6 Å². The van der Waals surface area contributed by atoms with Crippen molar-refractivity contribution in [3.05, 3.63) is 48.6 Å². The summed E-state index contributed by atoms with van der Waals surface area (Å²) in [5.74, 6) is 0.0577. The first-order valence-electron chi connectivity index (χ1n) is 9.23. The molecule has 0 radical (unpaired) electrons. The molecule has 5 nitrogen and oxygen atoms in total. The lowest BCUT2D eigenvalue weighted by molar-refractivity contribution is -0.153. The lowest BCUT2D eigenvalue weighted by Crippen LogP contribution is -2.45. The molecular weight excluding hydrogens is 385 g/mol. The summed E-state index contributed by atoms with van der Waals surface area (Å²) in [5, 5.41) is 0. The lowest BCUT2D eigenvalue weighted by Gasteiger charge is -2.31. The van der Waals surface area contributed by atoms with Gasteiger partial charge in [-0.2, -0.15) is 13.2 Å². The number of allylic oxidation sites excluding steroid dienone is 2. The molecule has 0 bridgehead atoms. The van der Waals surface area contributed by atoms with E-state index >= 15 is 0 Å². The van der Waals surface area contributed by atoms with Gasteiger partial charge in [0, 0.05) is 0 Å². The van der Waals surface area contributed by atoms with E-state index in [-0.39, 0.29) is 36.1 Å². The second kappa shape index (κ2) is 9.62. The predicted octanol–water partition coefficient (Wildman–Crippen LogP) is 4.89. The van der Waals surface area contributed by atoms with Crippen LogP contribution in [0.1, 0.15) is 27.2 Å². The average Bonchev–Trinajstić information content (AvgIpc) is 2.64. The van der Waals surface area contributed by atoms with E-state index in [1.807, 2.05) is 20.8 Å². The Hall–Kier alpha value is -2.77. The van der Waals surface area contributed by atoms with E-state index in [2.05, 4.69) is 11.6 Å². The Morgan fingerprint density at radius 2 is 1.97 bits per heavy atom. The van der Waals surface area contributed by atoms with Crippen molar-refractivity contribution in [2.24, 2.45) is 10.9 Å². The molecule has 158 valence electrons. The third-order valence-corrected chi connectivity index (χ3v) is 4.02. The molecule has 1 unspecified atom stereocenters. The molecule has 2 rings (SSSR count). The van der Waals surface area contributed by atoms with Crippen LogP contribution in [0.3, 0.4) is 0 Å². The first-order chi connectivity index (χ1) is 13.6. The standard InChI is InChI=1S/C21H25F3N2O3/c1-5-6-15(4)18-11-19(27)26(20(25-18)28-12-14(2)3)16-7-9-17(10-8-16)29-13-21(22,23)24/h5-10,14,18H,1,11-13H2,2-4H3/b15-6+. The van der Waals surface area contributed by atoms with Gasteiger partial charge >= 0.3 is 6.18 Å². The number of hydrogen-bond acceptors (Lipinski definition) is 4. The van der Waals surface area contributed by atoms with E-state index < -0.39 is 12.8 Å². The number of ether oxygens (including phenoxy) is 2. The maximum absolute atomic E-state index is 12.8. The lowest BCUT2D eigenvalue weighted by atomic mass is 10.0. The molecule has 0 aliphatic carbocycles. The first-order valence-corrected chi connectivity index (χ1v) is 9.23. The summed E-state index contributed by atoms with van der Waals surface area (Å²) >= 11 is 0. The molecule has 1 atom stereocenters. The third-order valence-electron chi connectivity index (χ3n) is 4.02. The van der Waals surface area contributed by atoms with E-state index in [1.54, 1.807) is 12.2 Å². The second-order valence-electron chi connectivity index (χ2n) is 7.11. The van der Waals surface area contributed by atoms with Crippen LogP contribution in [0.4, 0.5) is 18.9 Å². The van der Waals surface area contributed by atoms with Crippen molar-refractivity contribution in [1.82, 2.24) is 0 Å². The van der Waals surface area contributed by atoms with Crippen molar-refractivity contribution in [3.8, 4) is 5.75 Å². The van der Waals surface area contributed by atoms with Crippen molar-refractivity contribution in [2.75, 3.05) is 18.1 Å². The summed E-state index contributed by atoms with van der Waals surface area (Å²) in [4.78, 5) is 18.8. The Balaban J connectivity index is 2.28. The molecule has 0 aromatic heterocycles. The van der Waals surface area contributed by atoms with Crippen LogP contribution in [0.2, 0.25) is 0 Å². The molecule has 0 N–H and O–H groups in total. The summed E-state index contributed by atoms with van der Waals surface area (Å²) in [5.41, 5.74) is 1.33.